The zero-order chi connectivity index (χ0) is 12.5. The largest absolute Gasteiger partial charge is 0.299 e. The lowest BCUT2D eigenvalue weighted by atomic mass is 9.88. The predicted molar refractivity (Wildman–Crippen MR) is 73.6 cm³/mol. The molecule has 1 nitrogen and oxygen atoms in total. The van der Waals surface area contributed by atoms with Crippen LogP contribution >= 0.6 is 0 Å². The van der Waals surface area contributed by atoms with Crippen LogP contribution in [0.1, 0.15) is 23.1 Å². The lowest BCUT2D eigenvalue weighted by Gasteiger charge is -2.16. The Morgan fingerprint density at radius 2 is 1.72 bits per heavy atom. The maximum Gasteiger partial charge on any atom is 0.137 e. The molecule has 3 rings (SSSR count). The van der Waals surface area contributed by atoms with Gasteiger partial charge in [0.05, 0.1) is 0 Å². The third-order valence-corrected chi connectivity index (χ3v) is 3.62. The number of aryl methyl sites for hydroxylation is 2. The van der Waals surface area contributed by atoms with Gasteiger partial charge in [-0.15, -0.1) is 0 Å². The Hall–Kier alpha value is -1.89. The van der Waals surface area contributed by atoms with Gasteiger partial charge in [0.1, 0.15) is 5.78 Å². The van der Waals surface area contributed by atoms with Crippen molar-refractivity contribution in [3.8, 4) is 11.1 Å². The smallest absolute Gasteiger partial charge is 0.137 e. The van der Waals surface area contributed by atoms with E-state index in [0.29, 0.717) is 18.6 Å². The molecule has 90 valence electrons. The first-order chi connectivity index (χ1) is 8.72. The molecular formula is C17H16O. The van der Waals surface area contributed by atoms with Gasteiger partial charge in [-0.05, 0) is 35.6 Å². The van der Waals surface area contributed by atoms with Crippen molar-refractivity contribution in [2.24, 2.45) is 0 Å². The summed E-state index contributed by atoms with van der Waals surface area (Å²) in [5.74, 6) is 0.366. The van der Waals surface area contributed by atoms with E-state index in [9.17, 15) is 4.79 Å². The summed E-state index contributed by atoms with van der Waals surface area (Å²) < 4.78 is 0. The first kappa shape index (κ1) is 11.2. The summed E-state index contributed by atoms with van der Waals surface area (Å²) in [7, 11) is 0. The minimum atomic E-state index is 0.366. The van der Waals surface area contributed by atoms with E-state index >= 15 is 0 Å². The molecule has 0 unspecified atom stereocenters. The van der Waals surface area contributed by atoms with Crippen molar-refractivity contribution >= 4 is 5.78 Å². The fourth-order valence-corrected chi connectivity index (χ4v) is 2.61. The van der Waals surface area contributed by atoms with Crippen molar-refractivity contribution in [3.63, 3.8) is 0 Å². The number of benzene rings is 2. The summed E-state index contributed by atoms with van der Waals surface area (Å²) in [5.41, 5.74) is 6.35. The number of carbonyl (C=O) groups is 1. The molecule has 0 amide bonds. The first-order valence-corrected chi connectivity index (χ1v) is 6.43. The van der Waals surface area contributed by atoms with Crippen molar-refractivity contribution in [2.45, 2.75) is 26.2 Å². The Labute approximate surface area is 107 Å². The molecule has 0 radical (unpaired) electrons. The van der Waals surface area contributed by atoms with Gasteiger partial charge in [0.25, 0.3) is 0 Å². The van der Waals surface area contributed by atoms with Gasteiger partial charge < -0.3 is 0 Å². The molecule has 2 aromatic rings. The minimum absolute atomic E-state index is 0.366. The van der Waals surface area contributed by atoms with Gasteiger partial charge in [0.2, 0.25) is 0 Å². The maximum absolute atomic E-state index is 11.4. The van der Waals surface area contributed by atoms with Gasteiger partial charge in [-0.25, -0.2) is 0 Å². The standard InChI is InChI=1S/C17H16O/c1-12-3-2-4-13(9-12)14-5-6-16-11-17(18)8-7-15(16)10-14/h2-6,9-10H,7-8,11H2,1H3. The lowest BCUT2D eigenvalue weighted by Crippen LogP contribution is -2.12. The van der Waals surface area contributed by atoms with Crippen LogP contribution in [0.5, 0.6) is 0 Å². The lowest BCUT2D eigenvalue weighted by molar-refractivity contribution is -0.118. The zero-order valence-electron chi connectivity index (χ0n) is 10.6. The van der Waals surface area contributed by atoms with Gasteiger partial charge in [0, 0.05) is 12.8 Å². The molecule has 0 fully saturated rings. The second kappa shape index (κ2) is 4.41. The Kier molecular flexibility index (Phi) is 2.75. The molecule has 0 atom stereocenters. The van der Waals surface area contributed by atoms with E-state index in [4.69, 9.17) is 0 Å². The van der Waals surface area contributed by atoms with Crippen LogP contribution in [0.3, 0.4) is 0 Å². The molecule has 0 N–H and O–H groups in total. The molecule has 0 bridgehead atoms. The summed E-state index contributed by atoms with van der Waals surface area (Å²) in [6.45, 7) is 2.11. The average Bonchev–Trinajstić information content (AvgIpc) is 2.38. The minimum Gasteiger partial charge on any atom is -0.299 e. The van der Waals surface area contributed by atoms with E-state index in [1.807, 2.05) is 0 Å². The van der Waals surface area contributed by atoms with Gasteiger partial charge in [-0.1, -0.05) is 48.0 Å². The van der Waals surface area contributed by atoms with E-state index < -0.39 is 0 Å². The van der Waals surface area contributed by atoms with E-state index in [2.05, 4.69) is 49.4 Å². The number of carbonyl (C=O) groups excluding carboxylic acids is 1. The van der Waals surface area contributed by atoms with Gasteiger partial charge >= 0.3 is 0 Å². The zero-order valence-corrected chi connectivity index (χ0v) is 10.6. The molecule has 1 aliphatic rings. The topological polar surface area (TPSA) is 17.1 Å². The molecule has 0 spiro atoms. The van der Waals surface area contributed by atoms with E-state index in [1.54, 1.807) is 0 Å². The van der Waals surface area contributed by atoms with Crippen molar-refractivity contribution in [3.05, 3.63) is 59.2 Å². The third-order valence-electron chi connectivity index (χ3n) is 3.62. The van der Waals surface area contributed by atoms with Crippen molar-refractivity contribution in [2.75, 3.05) is 0 Å². The van der Waals surface area contributed by atoms with Gasteiger partial charge in [-0.3, -0.25) is 4.79 Å². The quantitative estimate of drug-likeness (QED) is 0.737. The van der Waals surface area contributed by atoms with Crippen LogP contribution in [0.2, 0.25) is 0 Å². The Bertz CT molecular complexity index is 611. The van der Waals surface area contributed by atoms with E-state index in [1.165, 1.54) is 27.8 Å². The van der Waals surface area contributed by atoms with Crippen LogP contribution in [0.4, 0.5) is 0 Å². The fourth-order valence-electron chi connectivity index (χ4n) is 2.61. The maximum atomic E-state index is 11.4. The summed E-state index contributed by atoms with van der Waals surface area (Å²) in [4.78, 5) is 11.4. The molecule has 0 aliphatic heterocycles. The van der Waals surface area contributed by atoms with Crippen molar-refractivity contribution in [1.82, 2.24) is 0 Å². The van der Waals surface area contributed by atoms with Crippen LogP contribution in [0.25, 0.3) is 11.1 Å². The Balaban J connectivity index is 2.02. The third kappa shape index (κ3) is 2.08. The Morgan fingerprint density at radius 3 is 2.56 bits per heavy atom. The predicted octanol–water partition coefficient (Wildman–Crippen LogP) is 3.72. The average molecular weight is 236 g/mol. The highest BCUT2D eigenvalue weighted by atomic mass is 16.1. The molecule has 0 saturated carbocycles. The number of ketones is 1. The SMILES string of the molecule is Cc1cccc(-c2ccc3c(c2)CCC(=O)C3)c1. The molecule has 1 heteroatoms. The van der Waals surface area contributed by atoms with Crippen LogP contribution < -0.4 is 0 Å². The number of rotatable bonds is 1. The van der Waals surface area contributed by atoms with Crippen molar-refractivity contribution < 1.29 is 4.79 Å². The van der Waals surface area contributed by atoms with E-state index in [-0.39, 0.29) is 0 Å². The Morgan fingerprint density at radius 1 is 0.889 bits per heavy atom. The fraction of sp³-hybridized carbons (Fsp3) is 0.235. The highest BCUT2D eigenvalue weighted by molar-refractivity contribution is 5.83. The molecule has 18 heavy (non-hydrogen) atoms. The monoisotopic (exact) mass is 236 g/mol. The van der Waals surface area contributed by atoms with Crippen molar-refractivity contribution in [1.29, 1.82) is 0 Å². The number of hydrogen-bond acceptors (Lipinski definition) is 1. The number of fused-ring (bicyclic) bond motifs is 1. The molecule has 1 aliphatic carbocycles. The molecule has 2 aromatic carbocycles. The van der Waals surface area contributed by atoms with E-state index in [0.717, 1.165) is 6.42 Å². The second-order valence-electron chi connectivity index (χ2n) is 5.07. The number of hydrogen-bond donors (Lipinski definition) is 0. The highest BCUT2D eigenvalue weighted by Gasteiger charge is 2.15. The molecule has 0 heterocycles. The molecular weight excluding hydrogens is 220 g/mol. The summed E-state index contributed by atoms with van der Waals surface area (Å²) in [6.07, 6.45) is 2.21. The van der Waals surface area contributed by atoms with Crippen LogP contribution in [-0.4, -0.2) is 5.78 Å². The van der Waals surface area contributed by atoms with Gasteiger partial charge in [-0.2, -0.15) is 0 Å². The summed E-state index contributed by atoms with van der Waals surface area (Å²) >= 11 is 0. The summed E-state index contributed by atoms with van der Waals surface area (Å²) in [5, 5.41) is 0. The van der Waals surface area contributed by atoms with Gasteiger partial charge in [0.15, 0.2) is 0 Å². The second-order valence-corrected chi connectivity index (χ2v) is 5.07. The van der Waals surface area contributed by atoms with Crippen LogP contribution in [0.15, 0.2) is 42.5 Å². The van der Waals surface area contributed by atoms with Crippen LogP contribution in [-0.2, 0) is 17.6 Å². The molecule has 0 saturated heterocycles. The van der Waals surface area contributed by atoms with Crippen LogP contribution in [0, 0.1) is 6.92 Å². The number of Topliss-reactive ketones (excluding diaryl/α,β-unsaturated/α-hetero) is 1. The first-order valence-electron chi connectivity index (χ1n) is 6.43. The molecule has 0 aromatic heterocycles. The summed E-state index contributed by atoms with van der Waals surface area (Å²) in [6, 6.07) is 15.0. The normalized spacial score (nSPS) is 14.4. The highest BCUT2D eigenvalue weighted by Crippen LogP contribution is 2.26.